The van der Waals surface area contributed by atoms with Gasteiger partial charge in [-0.1, -0.05) is 35.9 Å². The first kappa shape index (κ1) is 23.2. The van der Waals surface area contributed by atoms with E-state index in [1.54, 1.807) is 12.4 Å². The average molecular weight is 434 g/mol. The highest BCUT2D eigenvalue weighted by Crippen LogP contribution is 2.08. The van der Waals surface area contributed by atoms with Gasteiger partial charge in [-0.15, -0.1) is 0 Å². The standard InChI is InChI=1S/C25H31N5O2/c1-20-7-6-8-23(17-20)19-27-29-25(18-21(2)30-12-15-31-16-13-30)28-22(3)32-14-10-24-9-4-5-11-26-24/h4-9,11,17-19H,3,10,12-16H2,1-2H3,(H,28,29)/b21-18+,27-19+. The van der Waals surface area contributed by atoms with Crippen molar-refractivity contribution in [3.05, 3.63) is 89.7 Å². The molecule has 0 saturated carbocycles. The highest BCUT2D eigenvalue weighted by atomic mass is 16.5. The molecule has 1 aliphatic rings. The summed E-state index contributed by atoms with van der Waals surface area (Å²) >= 11 is 0. The Morgan fingerprint density at radius 1 is 1.25 bits per heavy atom. The zero-order valence-electron chi connectivity index (χ0n) is 18.8. The molecule has 0 spiro atoms. The quantitative estimate of drug-likeness (QED) is 0.283. The van der Waals surface area contributed by atoms with Crippen LogP contribution in [0.15, 0.2) is 83.0 Å². The Kier molecular flexibility index (Phi) is 9.01. The SMILES string of the molecule is C=C(/N=C(\C=C(/C)N1CCOCC1)N/N=C/c1cccc(C)c1)OCCc1ccccn1. The van der Waals surface area contributed by atoms with E-state index in [0.717, 1.165) is 43.3 Å². The van der Waals surface area contributed by atoms with Crippen LogP contribution >= 0.6 is 0 Å². The van der Waals surface area contributed by atoms with E-state index in [2.05, 4.69) is 58.0 Å². The van der Waals surface area contributed by atoms with E-state index in [9.17, 15) is 0 Å². The number of rotatable bonds is 9. The van der Waals surface area contributed by atoms with Crippen molar-refractivity contribution < 1.29 is 9.47 Å². The van der Waals surface area contributed by atoms with E-state index in [1.807, 2.05) is 36.4 Å². The molecule has 0 bridgehead atoms. The minimum Gasteiger partial charge on any atom is -0.478 e. The predicted molar refractivity (Wildman–Crippen MR) is 129 cm³/mol. The summed E-state index contributed by atoms with van der Waals surface area (Å²) in [6, 6.07) is 14.0. The summed E-state index contributed by atoms with van der Waals surface area (Å²) in [7, 11) is 0. The molecule has 0 amide bonds. The van der Waals surface area contributed by atoms with Gasteiger partial charge in [0.15, 0.2) is 5.84 Å². The number of aromatic nitrogens is 1. The van der Waals surface area contributed by atoms with Crippen molar-refractivity contribution in [1.29, 1.82) is 0 Å². The maximum atomic E-state index is 5.71. The van der Waals surface area contributed by atoms with Gasteiger partial charge in [0.05, 0.1) is 26.0 Å². The van der Waals surface area contributed by atoms with Gasteiger partial charge in [-0.3, -0.25) is 10.4 Å². The topological polar surface area (TPSA) is 71.3 Å². The molecule has 32 heavy (non-hydrogen) atoms. The normalized spacial score (nSPS) is 15.1. The molecule has 0 aliphatic carbocycles. The summed E-state index contributed by atoms with van der Waals surface area (Å²) in [6.45, 7) is 11.6. The van der Waals surface area contributed by atoms with Crippen molar-refractivity contribution in [1.82, 2.24) is 15.3 Å². The number of ether oxygens (including phenoxy) is 2. The Balaban J connectivity index is 1.65. The van der Waals surface area contributed by atoms with Crippen molar-refractivity contribution in [2.75, 3.05) is 32.9 Å². The molecule has 1 fully saturated rings. The van der Waals surface area contributed by atoms with Gasteiger partial charge in [0, 0.05) is 43.2 Å². The van der Waals surface area contributed by atoms with Crippen molar-refractivity contribution >= 4 is 12.1 Å². The van der Waals surface area contributed by atoms with Gasteiger partial charge < -0.3 is 14.4 Å². The second-order valence-corrected chi connectivity index (χ2v) is 7.48. The molecule has 7 heteroatoms. The highest BCUT2D eigenvalue weighted by molar-refractivity contribution is 5.94. The van der Waals surface area contributed by atoms with Gasteiger partial charge in [-0.25, -0.2) is 0 Å². The van der Waals surface area contributed by atoms with Gasteiger partial charge in [-0.05, 0) is 38.1 Å². The molecule has 1 saturated heterocycles. The monoisotopic (exact) mass is 433 g/mol. The van der Waals surface area contributed by atoms with Gasteiger partial charge in [0.1, 0.15) is 0 Å². The highest BCUT2D eigenvalue weighted by Gasteiger charge is 2.11. The van der Waals surface area contributed by atoms with Crippen LogP contribution in [0.3, 0.4) is 0 Å². The van der Waals surface area contributed by atoms with Crippen LogP contribution in [0.2, 0.25) is 0 Å². The third-order valence-electron chi connectivity index (χ3n) is 4.89. The molecular weight excluding hydrogens is 402 g/mol. The fourth-order valence-electron chi connectivity index (χ4n) is 3.20. The van der Waals surface area contributed by atoms with Crippen LogP contribution in [0, 0.1) is 6.92 Å². The van der Waals surface area contributed by atoms with Crippen LogP contribution < -0.4 is 5.43 Å². The molecule has 7 nitrogen and oxygen atoms in total. The fraction of sp³-hybridized carbons (Fsp3) is 0.320. The van der Waals surface area contributed by atoms with E-state index < -0.39 is 0 Å². The number of nitrogens with zero attached hydrogens (tertiary/aromatic N) is 4. The third kappa shape index (κ3) is 8.00. The summed E-state index contributed by atoms with van der Waals surface area (Å²) in [5.41, 5.74) is 7.26. The van der Waals surface area contributed by atoms with Crippen molar-refractivity contribution in [3.8, 4) is 0 Å². The Hall–Kier alpha value is -3.45. The fourth-order valence-corrected chi connectivity index (χ4v) is 3.20. The van der Waals surface area contributed by atoms with Crippen molar-refractivity contribution in [3.63, 3.8) is 0 Å². The first-order valence-electron chi connectivity index (χ1n) is 10.8. The maximum Gasteiger partial charge on any atom is 0.207 e. The minimum absolute atomic E-state index is 0.320. The van der Waals surface area contributed by atoms with Gasteiger partial charge >= 0.3 is 0 Å². The number of hydrogen-bond acceptors (Lipinski definition) is 6. The number of amidine groups is 1. The number of allylic oxidation sites excluding steroid dienone is 1. The number of hydrogen-bond donors (Lipinski definition) is 1. The Morgan fingerprint density at radius 2 is 2.09 bits per heavy atom. The number of nitrogens with one attached hydrogen (secondary N) is 1. The summed E-state index contributed by atoms with van der Waals surface area (Å²) in [4.78, 5) is 11.1. The Bertz CT molecular complexity index is 963. The third-order valence-corrected chi connectivity index (χ3v) is 4.89. The largest absolute Gasteiger partial charge is 0.478 e. The molecule has 1 N–H and O–H groups in total. The lowest BCUT2D eigenvalue weighted by atomic mass is 10.2. The van der Waals surface area contributed by atoms with E-state index in [0.29, 0.717) is 24.7 Å². The molecule has 1 aliphatic heterocycles. The number of morpholine rings is 1. The summed E-state index contributed by atoms with van der Waals surface area (Å²) in [5, 5.41) is 4.36. The van der Waals surface area contributed by atoms with E-state index in [4.69, 9.17) is 9.47 Å². The molecular formula is C25H31N5O2. The van der Waals surface area contributed by atoms with Crippen LogP contribution in [0.1, 0.15) is 23.7 Å². The number of pyridine rings is 1. The zero-order chi connectivity index (χ0) is 22.6. The molecule has 0 unspecified atom stereocenters. The van der Waals surface area contributed by atoms with Crippen LogP contribution in [-0.4, -0.2) is 54.8 Å². The lowest BCUT2D eigenvalue weighted by Crippen LogP contribution is -2.35. The molecule has 168 valence electrons. The average Bonchev–Trinajstić information content (AvgIpc) is 2.80. The van der Waals surface area contributed by atoms with E-state index >= 15 is 0 Å². The van der Waals surface area contributed by atoms with Crippen LogP contribution in [0.4, 0.5) is 0 Å². The number of hydrazone groups is 1. The van der Waals surface area contributed by atoms with Crippen LogP contribution in [0.25, 0.3) is 0 Å². The van der Waals surface area contributed by atoms with Crippen LogP contribution in [-0.2, 0) is 15.9 Å². The van der Waals surface area contributed by atoms with Crippen molar-refractivity contribution in [2.45, 2.75) is 20.3 Å². The lowest BCUT2D eigenvalue weighted by Gasteiger charge is -2.29. The number of aryl methyl sites for hydroxylation is 1. The van der Waals surface area contributed by atoms with Gasteiger partial charge in [0.25, 0.3) is 0 Å². The first-order valence-corrected chi connectivity index (χ1v) is 10.8. The first-order chi connectivity index (χ1) is 15.6. The van der Waals surface area contributed by atoms with E-state index in [1.165, 1.54) is 5.56 Å². The summed E-state index contributed by atoms with van der Waals surface area (Å²) in [5.74, 6) is 0.876. The van der Waals surface area contributed by atoms with Gasteiger partial charge in [0.2, 0.25) is 5.88 Å². The molecule has 1 aromatic heterocycles. The zero-order valence-corrected chi connectivity index (χ0v) is 18.8. The minimum atomic E-state index is 0.320. The van der Waals surface area contributed by atoms with Crippen LogP contribution in [0.5, 0.6) is 0 Å². The summed E-state index contributed by atoms with van der Waals surface area (Å²) < 4.78 is 11.2. The molecule has 2 aromatic rings. The van der Waals surface area contributed by atoms with E-state index in [-0.39, 0.29) is 0 Å². The number of benzene rings is 1. The number of aliphatic imine (C=N–C) groups is 1. The van der Waals surface area contributed by atoms with Crippen molar-refractivity contribution in [2.24, 2.45) is 10.1 Å². The smallest absolute Gasteiger partial charge is 0.207 e. The Labute approximate surface area is 190 Å². The molecule has 0 radical (unpaired) electrons. The predicted octanol–water partition coefficient (Wildman–Crippen LogP) is 3.68. The maximum absolute atomic E-state index is 5.71. The molecule has 1 aromatic carbocycles. The lowest BCUT2D eigenvalue weighted by molar-refractivity contribution is 0.0538. The summed E-state index contributed by atoms with van der Waals surface area (Å²) in [6.07, 6.45) is 6.18. The molecule has 2 heterocycles. The molecule has 0 atom stereocenters. The second kappa shape index (κ2) is 12.4. The molecule has 3 rings (SSSR count). The second-order valence-electron chi connectivity index (χ2n) is 7.48. The Morgan fingerprint density at radius 3 is 2.84 bits per heavy atom. The van der Waals surface area contributed by atoms with Gasteiger partial charge in [-0.2, -0.15) is 10.1 Å².